The maximum atomic E-state index is 2.58. The number of hydrogen-bond acceptors (Lipinski definition) is 0. The fourth-order valence-electron chi connectivity index (χ4n) is 3.40. The molecule has 0 spiro atoms. The van der Waals surface area contributed by atoms with Gasteiger partial charge in [0.2, 0.25) is 0 Å². The summed E-state index contributed by atoms with van der Waals surface area (Å²) in [7, 11) is 0. The Balaban J connectivity index is 0.00000220. The van der Waals surface area contributed by atoms with E-state index in [1.807, 2.05) is 6.66 Å². The molecule has 2 rings (SSSR count). The molecule has 0 atom stereocenters. The van der Waals surface area contributed by atoms with Gasteiger partial charge >= 0.3 is 133 Å². The Kier molecular flexibility index (Phi) is 10.6. The van der Waals surface area contributed by atoms with Crippen molar-refractivity contribution in [3.8, 4) is 0 Å². The fourth-order valence-corrected chi connectivity index (χ4v) is 30.0. The second kappa shape index (κ2) is 10.1. The van der Waals surface area contributed by atoms with Crippen LogP contribution in [-0.4, -0.2) is 5.49 Å². The van der Waals surface area contributed by atoms with Crippen LogP contribution in [0, 0.1) is 11.8 Å². The Morgan fingerprint density at radius 1 is 0.818 bits per heavy atom. The molecule has 0 nitrogen and oxygen atoms in total. The summed E-state index contributed by atoms with van der Waals surface area (Å²) in [5.74, 6) is 1.42. The van der Waals surface area contributed by atoms with Gasteiger partial charge in [-0.25, -0.2) is 0 Å². The van der Waals surface area contributed by atoms with Crippen molar-refractivity contribution in [2.75, 3.05) is 0 Å². The molecule has 0 aromatic heterocycles. The maximum absolute atomic E-state index is 2.58. The molecule has 0 aromatic rings. The molecule has 122 valence electrons. The Morgan fingerprint density at radius 2 is 1.18 bits per heavy atom. The van der Waals surface area contributed by atoms with E-state index in [-0.39, 0.29) is 39.5 Å². The molecule has 0 aliphatic heterocycles. The van der Waals surface area contributed by atoms with Crippen LogP contribution in [0.15, 0.2) is 42.1 Å². The van der Waals surface area contributed by atoms with Crippen molar-refractivity contribution in [1.82, 2.24) is 0 Å². The molecule has 0 amide bonds. The summed E-state index contributed by atoms with van der Waals surface area (Å²) in [6, 6.07) is 0. The van der Waals surface area contributed by atoms with Crippen LogP contribution in [0.4, 0.5) is 0 Å². The van der Waals surface area contributed by atoms with Gasteiger partial charge in [0, 0.05) is 0 Å². The smallest absolute Gasteiger partial charge is 1.00 e. The second-order valence-electron chi connectivity index (χ2n) is 6.77. The average molecular weight is 611 g/mol. The van der Waals surface area contributed by atoms with E-state index in [9.17, 15) is 0 Å². The van der Waals surface area contributed by atoms with Crippen LogP contribution in [0.2, 0.25) is 13.1 Å². The van der Waals surface area contributed by atoms with E-state index < -0.39 is 20.1 Å². The van der Waals surface area contributed by atoms with E-state index in [1.165, 1.54) is 12.8 Å². The standard InChI is InChI=1S/2C8H11.C2H6Si.2BrH.Hf/c2*1-7(2)8-5-3-4-6-8;1-3-2;;;/h2*3,5,7H,4H2,1-2H3;1-2H3;2*1H;/q;;;;;+2/p-2. The predicted molar refractivity (Wildman–Crippen MR) is 88.7 cm³/mol. The zero-order chi connectivity index (χ0) is 14.9. The molecule has 0 saturated heterocycles. The molecule has 0 N–H and O–H groups in total. The first-order valence-corrected chi connectivity index (χ1v) is 19.4. The minimum atomic E-state index is -1.78. The summed E-state index contributed by atoms with van der Waals surface area (Å²) in [5, 5.41) is 0. The number of allylic oxidation sites excluding steroid dienone is 8. The number of halogens is 2. The molecule has 0 aromatic carbocycles. The van der Waals surface area contributed by atoms with Gasteiger partial charge in [-0.15, -0.1) is 0 Å². The third-order valence-electron chi connectivity index (χ3n) is 4.28. The summed E-state index contributed by atoms with van der Waals surface area (Å²) >= 11 is -1.78. The van der Waals surface area contributed by atoms with Crippen LogP contribution in [0.1, 0.15) is 40.5 Å². The molecule has 2 aliphatic rings. The summed E-state index contributed by atoms with van der Waals surface area (Å²) < 4.78 is 3.89. The molecule has 0 bridgehead atoms. The van der Waals surface area contributed by atoms with Gasteiger partial charge < -0.3 is 34.0 Å². The van der Waals surface area contributed by atoms with E-state index in [4.69, 9.17) is 0 Å². The van der Waals surface area contributed by atoms with Crippen molar-refractivity contribution >= 4 is 5.49 Å². The van der Waals surface area contributed by atoms with Gasteiger partial charge in [0.1, 0.15) is 0 Å². The first-order chi connectivity index (χ1) is 9.43. The van der Waals surface area contributed by atoms with Crippen molar-refractivity contribution in [3.05, 3.63) is 42.1 Å². The summed E-state index contributed by atoms with van der Waals surface area (Å²) in [4.78, 5) is 0. The van der Waals surface area contributed by atoms with E-state index in [0.717, 1.165) is 0 Å². The Hall–Kier alpha value is 1.01. The van der Waals surface area contributed by atoms with Crippen LogP contribution in [0.5, 0.6) is 0 Å². The molecule has 0 heterocycles. The Bertz CT molecular complexity index is 516. The normalized spacial score (nSPS) is 16.1. The fraction of sp³-hybridized carbons (Fsp3) is 0.556. The molecule has 0 unspecified atom stereocenters. The zero-order valence-corrected chi connectivity index (χ0v) is 22.4. The zero-order valence-electron chi connectivity index (χ0n) is 14.6. The molecule has 2 aliphatic carbocycles. The van der Waals surface area contributed by atoms with Gasteiger partial charge in [0.15, 0.2) is 0 Å². The van der Waals surface area contributed by atoms with E-state index in [0.29, 0.717) is 11.8 Å². The average Bonchev–Trinajstić information content (AvgIpc) is 2.97. The van der Waals surface area contributed by atoms with Gasteiger partial charge in [0.25, 0.3) is 0 Å². The molecular formula is C18H28Br2HfSi. The molecule has 0 radical (unpaired) electrons. The van der Waals surface area contributed by atoms with Crippen LogP contribution in [0.3, 0.4) is 0 Å². The second-order valence-corrected chi connectivity index (χ2v) is 30.7. The van der Waals surface area contributed by atoms with E-state index >= 15 is 0 Å². The van der Waals surface area contributed by atoms with Crippen molar-refractivity contribution < 1.29 is 54.0 Å². The SMILES string of the molecule is CC(C)C1=[C]([Hf+2]([C]2=C(C(C)C)C=CC2)=[Si](C)C)CC=C1.[Br-].[Br-]. The van der Waals surface area contributed by atoms with Crippen molar-refractivity contribution in [1.29, 1.82) is 0 Å². The quantitative estimate of drug-likeness (QED) is 0.381. The van der Waals surface area contributed by atoms with Crippen molar-refractivity contribution in [3.63, 3.8) is 0 Å². The predicted octanol–water partition coefficient (Wildman–Crippen LogP) is -0.396. The minimum absolute atomic E-state index is 0. The monoisotopic (exact) mass is 610 g/mol. The molecule has 0 saturated carbocycles. The first-order valence-electron chi connectivity index (χ1n) is 7.90. The largest absolute Gasteiger partial charge is 1.00 e. The van der Waals surface area contributed by atoms with Gasteiger partial charge in [-0.2, -0.15) is 0 Å². The van der Waals surface area contributed by atoms with Gasteiger partial charge in [0.05, 0.1) is 0 Å². The van der Waals surface area contributed by atoms with Gasteiger partial charge in [-0.05, 0) is 0 Å². The first kappa shape index (κ1) is 23.0. The molecular weight excluding hydrogens is 583 g/mol. The minimum Gasteiger partial charge on any atom is -1.00 e. The van der Waals surface area contributed by atoms with Crippen LogP contribution >= 0.6 is 0 Å². The van der Waals surface area contributed by atoms with E-state index in [2.05, 4.69) is 65.1 Å². The van der Waals surface area contributed by atoms with Crippen LogP contribution in [0.25, 0.3) is 0 Å². The summed E-state index contributed by atoms with van der Waals surface area (Å²) in [6.45, 7) is 14.7. The topological polar surface area (TPSA) is 0 Å². The molecule has 22 heavy (non-hydrogen) atoms. The third kappa shape index (κ3) is 5.00. The number of hydrogen-bond donors (Lipinski definition) is 0. The number of rotatable bonds is 4. The third-order valence-corrected chi connectivity index (χ3v) is 28.9. The molecule has 0 fully saturated rings. The van der Waals surface area contributed by atoms with Crippen LogP contribution in [-0.2, 0) is 20.1 Å². The summed E-state index contributed by atoms with van der Waals surface area (Å²) in [5.41, 5.74) is 3.27. The van der Waals surface area contributed by atoms with Gasteiger partial charge in [-0.3, -0.25) is 0 Å². The van der Waals surface area contributed by atoms with Crippen molar-refractivity contribution in [2.24, 2.45) is 11.8 Å². The van der Waals surface area contributed by atoms with Gasteiger partial charge in [-0.1, -0.05) is 0 Å². The molecule has 4 heteroatoms. The van der Waals surface area contributed by atoms with E-state index in [1.54, 1.807) is 11.1 Å². The van der Waals surface area contributed by atoms with Crippen LogP contribution < -0.4 is 34.0 Å². The Labute approximate surface area is 165 Å². The van der Waals surface area contributed by atoms with Crippen molar-refractivity contribution in [2.45, 2.75) is 53.6 Å². The Morgan fingerprint density at radius 3 is 1.45 bits per heavy atom. The summed E-state index contributed by atoms with van der Waals surface area (Å²) in [6.07, 6.45) is 12.3. The maximum Gasteiger partial charge on any atom is -1.00 e.